The molecule has 12 heavy (non-hydrogen) atoms. The molecule has 1 aliphatic heterocycles. The fourth-order valence-electron chi connectivity index (χ4n) is 1.28. The van der Waals surface area contributed by atoms with E-state index in [0.29, 0.717) is 12.6 Å². The number of nitrogens with two attached hydrogens (primary N) is 1. The second kappa shape index (κ2) is 2.98. The number of fused-ring (bicyclic) bond motifs is 1. The first-order chi connectivity index (χ1) is 5.90. The normalized spacial score (nSPS) is 20.6. The standard InChI is InChI=1S/C8H12N4/c9-4-6-5-11-7-2-1-3-10-8(7)12-6/h1-3,6,11H,4-5,9H2,(H,10,12)/t6-/m1/s1. The van der Waals surface area contributed by atoms with Crippen LogP contribution in [0.3, 0.4) is 0 Å². The van der Waals surface area contributed by atoms with Crippen LogP contribution < -0.4 is 16.4 Å². The second-order valence-corrected chi connectivity index (χ2v) is 2.86. The first kappa shape index (κ1) is 7.36. The van der Waals surface area contributed by atoms with Gasteiger partial charge in [-0.1, -0.05) is 0 Å². The van der Waals surface area contributed by atoms with Crippen LogP contribution in [0.4, 0.5) is 11.5 Å². The number of anilines is 2. The highest BCUT2D eigenvalue weighted by molar-refractivity contribution is 5.66. The van der Waals surface area contributed by atoms with Gasteiger partial charge in [0.25, 0.3) is 0 Å². The molecule has 1 aromatic heterocycles. The third kappa shape index (κ3) is 1.21. The van der Waals surface area contributed by atoms with Gasteiger partial charge in [0.15, 0.2) is 0 Å². The number of pyridine rings is 1. The average molecular weight is 164 g/mol. The van der Waals surface area contributed by atoms with Crippen molar-refractivity contribution >= 4 is 11.5 Å². The van der Waals surface area contributed by atoms with Crippen LogP contribution in [0.1, 0.15) is 0 Å². The third-order valence-electron chi connectivity index (χ3n) is 1.97. The summed E-state index contributed by atoms with van der Waals surface area (Å²) in [5.74, 6) is 0.902. The number of hydrogen-bond donors (Lipinski definition) is 3. The molecular formula is C8H12N4. The Morgan fingerprint density at radius 2 is 2.58 bits per heavy atom. The van der Waals surface area contributed by atoms with Gasteiger partial charge in [0.2, 0.25) is 0 Å². The van der Waals surface area contributed by atoms with Crippen LogP contribution in [0, 0.1) is 0 Å². The molecule has 0 saturated heterocycles. The lowest BCUT2D eigenvalue weighted by molar-refractivity contribution is 0.741. The maximum Gasteiger partial charge on any atom is 0.149 e. The average Bonchev–Trinajstić information content (AvgIpc) is 2.17. The number of aromatic nitrogens is 1. The summed E-state index contributed by atoms with van der Waals surface area (Å²) in [6.07, 6.45) is 1.77. The summed E-state index contributed by atoms with van der Waals surface area (Å²) in [6.45, 7) is 1.50. The predicted octanol–water partition coefficient (Wildman–Crippen LogP) is 0.246. The summed E-state index contributed by atoms with van der Waals surface area (Å²) >= 11 is 0. The molecule has 1 atom stereocenters. The fraction of sp³-hybridized carbons (Fsp3) is 0.375. The molecule has 2 heterocycles. The Labute approximate surface area is 71.2 Å². The van der Waals surface area contributed by atoms with Gasteiger partial charge in [-0.3, -0.25) is 0 Å². The van der Waals surface area contributed by atoms with E-state index in [9.17, 15) is 0 Å². The molecule has 0 radical (unpaired) electrons. The molecule has 0 fully saturated rings. The van der Waals surface area contributed by atoms with Crippen molar-refractivity contribution in [3.63, 3.8) is 0 Å². The van der Waals surface area contributed by atoms with Crippen LogP contribution >= 0.6 is 0 Å². The molecule has 0 saturated carbocycles. The molecule has 0 aliphatic carbocycles. The minimum Gasteiger partial charge on any atom is -0.380 e. The molecular weight excluding hydrogens is 152 g/mol. The van der Waals surface area contributed by atoms with Gasteiger partial charge < -0.3 is 16.4 Å². The van der Waals surface area contributed by atoms with Gasteiger partial charge >= 0.3 is 0 Å². The van der Waals surface area contributed by atoms with Crippen LogP contribution in [0.2, 0.25) is 0 Å². The lowest BCUT2D eigenvalue weighted by Gasteiger charge is -2.25. The Kier molecular flexibility index (Phi) is 1.83. The lowest BCUT2D eigenvalue weighted by atomic mass is 10.2. The summed E-state index contributed by atoms with van der Waals surface area (Å²) in [4.78, 5) is 4.19. The molecule has 64 valence electrons. The maximum absolute atomic E-state index is 5.53. The predicted molar refractivity (Wildman–Crippen MR) is 49.2 cm³/mol. The van der Waals surface area contributed by atoms with E-state index >= 15 is 0 Å². The van der Waals surface area contributed by atoms with Crippen LogP contribution in [0.5, 0.6) is 0 Å². The molecule has 0 amide bonds. The van der Waals surface area contributed by atoms with Gasteiger partial charge in [0.05, 0.1) is 11.7 Å². The largest absolute Gasteiger partial charge is 0.380 e. The van der Waals surface area contributed by atoms with Crippen molar-refractivity contribution in [3.8, 4) is 0 Å². The van der Waals surface area contributed by atoms with E-state index in [4.69, 9.17) is 5.73 Å². The van der Waals surface area contributed by atoms with Gasteiger partial charge in [-0.2, -0.15) is 0 Å². The van der Waals surface area contributed by atoms with Crippen molar-refractivity contribution in [2.24, 2.45) is 5.73 Å². The molecule has 4 N–H and O–H groups in total. The Morgan fingerprint density at radius 1 is 1.67 bits per heavy atom. The number of nitrogens with one attached hydrogen (secondary N) is 2. The third-order valence-corrected chi connectivity index (χ3v) is 1.97. The summed E-state index contributed by atoms with van der Waals surface area (Å²) in [5.41, 5.74) is 6.59. The van der Waals surface area contributed by atoms with Crippen LogP contribution in [0.25, 0.3) is 0 Å². The van der Waals surface area contributed by atoms with Crippen LogP contribution in [0.15, 0.2) is 18.3 Å². The molecule has 4 heteroatoms. The molecule has 0 bridgehead atoms. The highest BCUT2D eigenvalue weighted by atomic mass is 15.1. The highest BCUT2D eigenvalue weighted by Gasteiger charge is 2.15. The van der Waals surface area contributed by atoms with Crippen LogP contribution in [-0.4, -0.2) is 24.1 Å². The number of rotatable bonds is 1. The summed E-state index contributed by atoms with van der Waals surface area (Å²) in [7, 11) is 0. The van der Waals surface area contributed by atoms with Gasteiger partial charge in [0.1, 0.15) is 5.82 Å². The van der Waals surface area contributed by atoms with Crippen molar-refractivity contribution in [2.75, 3.05) is 23.7 Å². The monoisotopic (exact) mass is 164 g/mol. The van der Waals surface area contributed by atoms with E-state index in [0.717, 1.165) is 18.1 Å². The van der Waals surface area contributed by atoms with E-state index in [1.54, 1.807) is 6.20 Å². The van der Waals surface area contributed by atoms with Crippen LogP contribution in [-0.2, 0) is 0 Å². The highest BCUT2D eigenvalue weighted by Crippen LogP contribution is 2.21. The number of hydrogen-bond acceptors (Lipinski definition) is 4. The minimum atomic E-state index is 0.299. The molecule has 0 spiro atoms. The zero-order valence-electron chi connectivity index (χ0n) is 6.75. The molecule has 2 rings (SSSR count). The topological polar surface area (TPSA) is 63.0 Å². The zero-order chi connectivity index (χ0) is 8.39. The fourth-order valence-corrected chi connectivity index (χ4v) is 1.28. The van der Waals surface area contributed by atoms with E-state index in [-0.39, 0.29) is 0 Å². The minimum absolute atomic E-state index is 0.299. The molecule has 1 aromatic rings. The smallest absolute Gasteiger partial charge is 0.149 e. The first-order valence-corrected chi connectivity index (χ1v) is 4.05. The quantitative estimate of drug-likeness (QED) is 0.556. The number of nitrogens with zero attached hydrogens (tertiary/aromatic N) is 1. The lowest BCUT2D eigenvalue weighted by Crippen LogP contribution is -2.39. The molecule has 1 aliphatic rings. The van der Waals surface area contributed by atoms with Gasteiger partial charge in [-0.15, -0.1) is 0 Å². The summed E-state index contributed by atoms with van der Waals surface area (Å²) in [6, 6.07) is 4.21. The van der Waals surface area contributed by atoms with Gasteiger partial charge in [-0.25, -0.2) is 4.98 Å². The van der Waals surface area contributed by atoms with E-state index < -0.39 is 0 Å². The summed E-state index contributed by atoms with van der Waals surface area (Å²) in [5, 5.41) is 6.51. The van der Waals surface area contributed by atoms with Crippen molar-refractivity contribution in [2.45, 2.75) is 6.04 Å². The SMILES string of the molecule is NC[C@@H]1CNc2cccnc2N1. The van der Waals surface area contributed by atoms with Crippen molar-refractivity contribution < 1.29 is 0 Å². The Morgan fingerprint density at radius 3 is 3.42 bits per heavy atom. The zero-order valence-corrected chi connectivity index (χ0v) is 6.75. The van der Waals surface area contributed by atoms with E-state index in [2.05, 4.69) is 15.6 Å². The van der Waals surface area contributed by atoms with Crippen molar-refractivity contribution in [1.29, 1.82) is 0 Å². The molecule has 0 unspecified atom stereocenters. The maximum atomic E-state index is 5.53. The Balaban J connectivity index is 2.23. The van der Waals surface area contributed by atoms with E-state index in [1.165, 1.54) is 0 Å². The summed E-state index contributed by atoms with van der Waals surface area (Å²) < 4.78 is 0. The van der Waals surface area contributed by atoms with Crippen molar-refractivity contribution in [1.82, 2.24) is 4.98 Å². The molecule has 0 aromatic carbocycles. The van der Waals surface area contributed by atoms with Crippen molar-refractivity contribution in [3.05, 3.63) is 18.3 Å². The first-order valence-electron chi connectivity index (χ1n) is 4.05. The van der Waals surface area contributed by atoms with Gasteiger partial charge in [-0.05, 0) is 12.1 Å². The van der Waals surface area contributed by atoms with E-state index in [1.807, 2.05) is 12.1 Å². The Hall–Kier alpha value is -1.29. The Bertz CT molecular complexity index is 274. The molecule has 4 nitrogen and oxygen atoms in total. The van der Waals surface area contributed by atoms with Gasteiger partial charge in [0, 0.05) is 19.3 Å². The second-order valence-electron chi connectivity index (χ2n) is 2.86.